The summed E-state index contributed by atoms with van der Waals surface area (Å²) in [6.45, 7) is 5.71. The topological polar surface area (TPSA) is 94.0 Å². The van der Waals surface area contributed by atoms with Crippen molar-refractivity contribution in [1.82, 2.24) is 10.1 Å². The van der Waals surface area contributed by atoms with E-state index in [-0.39, 0.29) is 11.8 Å². The van der Waals surface area contributed by atoms with Gasteiger partial charge in [0.25, 0.3) is 5.89 Å². The summed E-state index contributed by atoms with van der Waals surface area (Å²) in [7, 11) is 0. The highest BCUT2D eigenvalue weighted by atomic mass is 16.5. The van der Waals surface area contributed by atoms with Crippen LogP contribution in [0.5, 0.6) is 0 Å². The maximum atomic E-state index is 12.2. The number of aryl methyl sites for hydroxylation is 1. The lowest BCUT2D eigenvalue weighted by Crippen LogP contribution is -2.40. The lowest BCUT2D eigenvalue weighted by molar-refractivity contribution is -0.118. The molecule has 2 aromatic rings. The van der Waals surface area contributed by atoms with Crippen molar-refractivity contribution < 1.29 is 9.32 Å². The molecule has 1 heterocycles. The molecule has 1 aromatic heterocycles. The minimum Gasteiger partial charge on any atom is -0.334 e. The van der Waals surface area contributed by atoms with Gasteiger partial charge in [-0.2, -0.15) is 4.98 Å². The molecule has 1 unspecified atom stereocenters. The molecule has 2 atom stereocenters. The molecule has 2 rings (SSSR count). The number of anilines is 1. The molecule has 0 aliphatic rings. The fraction of sp³-hybridized carbons (Fsp3) is 0.400. The molecule has 6 heteroatoms. The Bertz CT molecular complexity index is 624. The second-order valence-electron chi connectivity index (χ2n) is 5.09. The first-order valence-electron chi connectivity index (χ1n) is 6.99. The van der Waals surface area contributed by atoms with Gasteiger partial charge in [0.2, 0.25) is 5.91 Å². The van der Waals surface area contributed by atoms with Crippen molar-refractivity contribution >= 4 is 11.6 Å². The zero-order valence-corrected chi connectivity index (χ0v) is 12.5. The number of nitrogens with zero attached hydrogens (tertiary/aromatic N) is 2. The quantitative estimate of drug-likeness (QED) is 0.880. The third-order valence-corrected chi connectivity index (χ3v) is 3.50. The molecule has 21 heavy (non-hydrogen) atoms. The van der Waals surface area contributed by atoms with Crippen molar-refractivity contribution in [2.45, 2.75) is 33.2 Å². The van der Waals surface area contributed by atoms with Gasteiger partial charge in [0.1, 0.15) is 0 Å². The molecule has 0 spiro atoms. The van der Waals surface area contributed by atoms with Crippen LogP contribution < -0.4 is 11.1 Å². The van der Waals surface area contributed by atoms with Gasteiger partial charge in [-0.15, -0.1) is 0 Å². The van der Waals surface area contributed by atoms with Crippen LogP contribution in [-0.2, 0) is 4.79 Å². The minimum absolute atomic E-state index is 0.114. The van der Waals surface area contributed by atoms with E-state index in [9.17, 15) is 4.79 Å². The van der Waals surface area contributed by atoms with Crippen LogP contribution in [0.1, 0.15) is 26.1 Å². The molecular weight excluding hydrogens is 268 g/mol. The maximum Gasteiger partial charge on any atom is 0.260 e. The second-order valence-corrected chi connectivity index (χ2v) is 5.09. The number of carbonyl (C=O) groups is 1. The van der Waals surface area contributed by atoms with E-state index in [0.717, 1.165) is 6.42 Å². The fourth-order valence-corrected chi connectivity index (χ4v) is 1.91. The standard InChI is InChI=1S/C15H20N4O2/c1-4-9(2)13(16)14(20)18-12-8-6-5-7-11(12)15-17-10(3)19-21-15/h5-9,13H,4,16H2,1-3H3,(H,18,20)/t9?,13-/m0/s1. The number of hydrogen-bond acceptors (Lipinski definition) is 5. The first-order chi connectivity index (χ1) is 10.0. The van der Waals surface area contributed by atoms with E-state index in [4.69, 9.17) is 10.3 Å². The van der Waals surface area contributed by atoms with E-state index in [2.05, 4.69) is 15.5 Å². The molecule has 3 N–H and O–H groups in total. The maximum absolute atomic E-state index is 12.2. The summed E-state index contributed by atoms with van der Waals surface area (Å²) in [5.74, 6) is 0.818. The molecule has 0 bridgehead atoms. The first kappa shape index (κ1) is 15.2. The van der Waals surface area contributed by atoms with Crippen LogP contribution in [0.15, 0.2) is 28.8 Å². The molecule has 0 aliphatic heterocycles. The smallest absolute Gasteiger partial charge is 0.260 e. The minimum atomic E-state index is -0.549. The third kappa shape index (κ3) is 3.46. The first-order valence-corrected chi connectivity index (χ1v) is 6.99. The molecule has 0 saturated heterocycles. The van der Waals surface area contributed by atoms with Gasteiger partial charge >= 0.3 is 0 Å². The lowest BCUT2D eigenvalue weighted by Gasteiger charge is -2.18. The average Bonchev–Trinajstić information content (AvgIpc) is 2.92. The Labute approximate surface area is 123 Å². The van der Waals surface area contributed by atoms with E-state index in [1.807, 2.05) is 32.0 Å². The van der Waals surface area contributed by atoms with Gasteiger partial charge in [0.15, 0.2) is 5.82 Å². The number of hydrogen-bond donors (Lipinski definition) is 2. The van der Waals surface area contributed by atoms with Crippen LogP contribution in [0.4, 0.5) is 5.69 Å². The van der Waals surface area contributed by atoms with E-state index < -0.39 is 6.04 Å². The van der Waals surface area contributed by atoms with E-state index >= 15 is 0 Å². The summed E-state index contributed by atoms with van der Waals surface area (Å²) in [5, 5.41) is 6.61. The van der Waals surface area contributed by atoms with Gasteiger partial charge in [-0.05, 0) is 25.0 Å². The monoisotopic (exact) mass is 288 g/mol. The zero-order chi connectivity index (χ0) is 15.4. The molecule has 0 saturated carbocycles. The Hall–Kier alpha value is -2.21. The number of amides is 1. The van der Waals surface area contributed by atoms with Gasteiger partial charge in [-0.3, -0.25) is 4.79 Å². The van der Waals surface area contributed by atoms with Crippen molar-refractivity contribution in [3.05, 3.63) is 30.1 Å². The Morgan fingerprint density at radius 1 is 1.43 bits per heavy atom. The predicted molar refractivity (Wildman–Crippen MR) is 80.5 cm³/mol. The van der Waals surface area contributed by atoms with Crippen LogP contribution in [-0.4, -0.2) is 22.1 Å². The summed E-state index contributed by atoms with van der Waals surface area (Å²) in [6.07, 6.45) is 0.846. The Morgan fingerprint density at radius 3 is 2.76 bits per heavy atom. The predicted octanol–water partition coefficient (Wildman–Crippen LogP) is 2.36. The van der Waals surface area contributed by atoms with Gasteiger partial charge in [-0.25, -0.2) is 0 Å². The molecule has 0 radical (unpaired) electrons. The van der Waals surface area contributed by atoms with Gasteiger partial charge < -0.3 is 15.6 Å². The summed E-state index contributed by atoms with van der Waals surface area (Å²) >= 11 is 0. The van der Waals surface area contributed by atoms with Crippen LogP contribution in [0.2, 0.25) is 0 Å². The van der Waals surface area contributed by atoms with E-state index in [0.29, 0.717) is 23.0 Å². The summed E-state index contributed by atoms with van der Waals surface area (Å²) in [6, 6.07) is 6.73. The second kappa shape index (κ2) is 6.49. The fourth-order valence-electron chi connectivity index (χ4n) is 1.91. The summed E-state index contributed by atoms with van der Waals surface area (Å²) in [4.78, 5) is 16.4. The van der Waals surface area contributed by atoms with Crippen LogP contribution >= 0.6 is 0 Å². The molecule has 0 aliphatic carbocycles. The van der Waals surface area contributed by atoms with Crippen molar-refractivity contribution in [3.8, 4) is 11.5 Å². The summed E-state index contributed by atoms with van der Waals surface area (Å²) < 4.78 is 5.16. The zero-order valence-electron chi connectivity index (χ0n) is 12.5. The normalized spacial score (nSPS) is 13.7. The Balaban J connectivity index is 2.23. The van der Waals surface area contributed by atoms with Gasteiger partial charge in [0.05, 0.1) is 17.3 Å². The van der Waals surface area contributed by atoms with E-state index in [1.54, 1.807) is 13.0 Å². The number of rotatable bonds is 5. The molecule has 0 fully saturated rings. The number of carbonyl (C=O) groups excluding carboxylic acids is 1. The number of nitrogens with one attached hydrogen (secondary N) is 1. The molecule has 6 nitrogen and oxygen atoms in total. The lowest BCUT2D eigenvalue weighted by atomic mass is 9.99. The molecule has 1 amide bonds. The molecular formula is C15H20N4O2. The SMILES string of the molecule is CCC(C)[C@H](N)C(=O)Nc1ccccc1-c1nc(C)no1. The van der Waals surface area contributed by atoms with Crippen molar-refractivity contribution in [2.75, 3.05) is 5.32 Å². The highest BCUT2D eigenvalue weighted by Gasteiger charge is 2.21. The third-order valence-electron chi connectivity index (χ3n) is 3.50. The van der Waals surface area contributed by atoms with Crippen LogP contribution in [0, 0.1) is 12.8 Å². The number of nitrogens with two attached hydrogens (primary N) is 1. The molecule has 1 aromatic carbocycles. The van der Waals surface area contributed by atoms with E-state index in [1.165, 1.54) is 0 Å². The largest absolute Gasteiger partial charge is 0.334 e. The van der Waals surface area contributed by atoms with Gasteiger partial charge in [0, 0.05) is 0 Å². The van der Waals surface area contributed by atoms with Crippen molar-refractivity contribution in [2.24, 2.45) is 11.7 Å². The average molecular weight is 288 g/mol. The highest BCUT2D eigenvalue weighted by molar-refractivity contribution is 5.97. The Kier molecular flexibility index (Phi) is 4.70. The number of aromatic nitrogens is 2. The highest BCUT2D eigenvalue weighted by Crippen LogP contribution is 2.26. The van der Waals surface area contributed by atoms with Crippen molar-refractivity contribution in [3.63, 3.8) is 0 Å². The number of para-hydroxylation sites is 1. The summed E-state index contributed by atoms with van der Waals surface area (Å²) in [5.41, 5.74) is 7.25. The number of benzene rings is 1. The van der Waals surface area contributed by atoms with Crippen molar-refractivity contribution in [1.29, 1.82) is 0 Å². The van der Waals surface area contributed by atoms with Crippen LogP contribution in [0.3, 0.4) is 0 Å². The Morgan fingerprint density at radius 2 is 2.14 bits per heavy atom. The van der Waals surface area contributed by atoms with Crippen LogP contribution in [0.25, 0.3) is 11.5 Å². The molecule has 112 valence electrons. The van der Waals surface area contributed by atoms with Gasteiger partial charge in [-0.1, -0.05) is 37.6 Å².